The molecule has 6 nitrogen and oxygen atoms in total. The van der Waals surface area contributed by atoms with Crippen LogP contribution >= 0.6 is 0 Å². The third kappa shape index (κ3) is 7.61. The third-order valence-corrected chi connectivity index (χ3v) is 3.37. The predicted molar refractivity (Wildman–Crippen MR) is 59.7 cm³/mol. The summed E-state index contributed by atoms with van der Waals surface area (Å²) in [6, 6.07) is 0. The molecule has 0 fully saturated rings. The lowest BCUT2D eigenvalue weighted by atomic mass is 10.1. The van der Waals surface area contributed by atoms with Gasteiger partial charge in [-0.05, 0) is 13.3 Å². The van der Waals surface area contributed by atoms with Crippen LogP contribution in [0.5, 0.6) is 0 Å². The Hall–Kier alpha value is -0.660. The molecule has 0 aliphatic heterocycles. The highest BCUT2D eigenvalue weighted by atomic mass is 32.2. The smallest absolute Gasteiger partial charge is 0.306 e. The summed E-state index contributed by atoms with van der Waals surface area (Å²) in [5, 5.41) is 8.59. The molecule has 16 heavy (non-hydrogen) atoms. The van der Waals surface area contributed by atoms with Crippen molar-refractivity contribution in [2.24, 2.45) is 5.92 Å². The van der Waals surface area contributed by atoms with Crippen molar-refractivity contribution < 1.29 is 23.1 Å². The van der Waals surface area contributed by atoms with Gasteiger partial charge >= 0.3 is 5.97 Å². The summed E-state index contributed by atoms with van der Waals surface area (Å²) in [6.45, 7) is 4.10. The SMILES string of the molecule is CCOCCS(=O)(=O)NCCC(C)C(=O)O. The number of carboxylic acids is 1. The Labute approximate surface area is 96.0 Å². The Balaban J connectivity index is 3.78. The van der Waals surface area contributed by atoms with E-state index in [1.807, 2.05) is 0 Å². The van der Waals surface area contributed by atoms with Crippen LogP contribution in [0.2, 0.25) is 0 Å². The number of sulfonamides is 1. The number of carbonyl (C=O) groups is 1. The van der Waals surface area contributed by atoms with Gasteiger partial charge < -0.3 is 9.84 Å². The first kappa shape index (κ1) is 15.3. The number of nitrogens with one attached hydrogen (secondary N) is 1. The third-order valence-electron chi connectivity index (χ3n) is 2.02. The van der Waals surface area contributed by atoms with E-state index in [9.17, 15) is 13.2 Å². The molecule has 0 aromatic rings. The Kier molecular flexibility index (Phi) is 7.27. The lowest BCUT2D eigenvalue weighted by Crippen LogP contribution is -2.30. The average molecular weight is 253 g/mol. The average Bonchev–Trinajstić information content (AvgIpc) is 2.17. The van der Waals surface area contributed by atoms with Gasteiger partial charge in [-0.25, -0.2) is 13.1 Å². The van der Waals surface area contributed by atoms with Crippen molar-refractivity contribution in [1.82, 2.24) is 4.72 Å². The fraction of sp³-hybridized carbons (Fsp3) is 0.889. The van der Waals surface area contributed by atoms with Crippen LogP contribution in [0, 0.1) is 5.92 Å². The van der Waals surface area contributed by atoms with Gasteiger partial charge in [0.1, 0.15) is 0 Å². The van der Waals surface area contributed by atoms with Gasteiger partial charge in [0.15, 0.2) is 0 Å². The molecule has 0 saturated carbocycles. The fourth-order valence-corrected chi connectivity index (χ4v) is 1.85. The molecule has 0 bridgehead atoms. The van der Waals surface area contributed by atoms with E-state index in [4.69, 9.17) is 9.84 Å². The highest BCUT2D eigenvalue weighted by Crippen LogP contribution is 2.00. The van der Waals surface area contributed by atoms with Crippen LogP contribution < -0.4 is 4.72 Å². The van der Waals surface area contributed by atoms with Crippen molar-refractivity contribution in [2.45, 2.75) is 20.3 Å². The number of hydrogen-bond acceptors (Lipinski definition) is 4. The summed E-state index contributed by atoms with van der Waals surface area (Å²) < 4.78 is 29.9. The molecule has 0 rings (SSSR count). The Bertz CT molecular complexity index is 301. The maximum Gasteiger partial charge on any atom is 0.306 e. The molecule has 1 atom stereocenters. The molecular formula is C9H19NO5S. The van der Waals surface area contributed by atoms with E-state index in [2.05, 4.69) is 4.72 Å². The molecule has 0 aromatic heterocycles. The summed E-state index contributed by atoms with van der Waals surface area (Å²) >= 11 is 0. The van der Waals surface area contributed by atoms with Gasteiger partial charge in [0.25, 0.3) is 0 Å². The van der Waals surface area contributed by atoms with Crippen LogP contribution in [0.1, 0.15) is 20.3 Å². The van der Waals surface area contributed by atoms with Crippen molar-refractivity contribution >= 4 is 16.0 Å². The van der Waals surface area contributed by atoms with Crippen LogP contribution in [-0.2, 0) is 19.6 Å². The quantitative estimate of drug-likeness (QED) is 0.566. The van der Waals surface area contributed by atoms with Crippen LogP contribution in [-0.4, -0.2) is 45.0 Å². The van der Waals surface area contributed by atoms with E-state index in [1.54, 1.807) is 6.92 Å². The summed E-state index contributed by atoms with van der Waals surface area (Å²) in [7, 11) is -3.34. The number of carboxylic acid groups (broad SMARTS) is 1. The normalized spacial score (nSPS) is 13.6. The predicted octanol–water partition coefficient (Wildman–Crippen LogP) is 0.0531. The highest BCUT2D eigenvalue weighted by Gasteiger charge is 2.13. The monoisotopic (exact) mass is 253 g/mol. The summed E-state index contributed by atoms with van der Waals surface area (Å²) in [4.78, 5) is 10.5. The van der Waals surface area contributed by atoms with Crippen molar-refractivity contribution in [3.8, 4) is 0 Å². The fourth-order valence-electron chi connectivity index (χ4n) is 0.940. The van der Waals surface area contributed by atoms with Gasteiger partial charge in [0.2, 0.25) is 10.0 Å². The molecule has 0 aliphatic rings. The molecule has 96 valence electrons. The summed E-state index contributed by atoms with van der Waals surface area (Å²) in [5.41, 5.74) is 0. The first-order chi connectivity index (χ1) is 7.39. The van der Waals surface area contributed by atoms with E-state index in [1.165, 1.54) is 6.92 Å². The Morgan fingerprint density at radius 2 is 2.12 bits per heavy atom. The van der Waals surface area contributed by atoms with Crippen molar-refractivity contribution in [2.75, 3.05) is 25.5 Å². The lowest BCUT2D eigenvalue weighted by molar-refractivity contribution is -0.141. The van der Waals surface area contributed by atoms with Gasteiger partial charge in [-0.1, -0.05) is 6.92 Å². The van der Waals surface area contributed by atoms with E-state index >= 15 is 0 Å². The van der Waals surface area contributed by atoms with E-state index < -0.39 is 21.9 Å². The highest BCUT2D eigenvalue weighted by molar-refractivity contribution is 7.89. The second kappa shape index (κ2) is 7.59. The van der Waals surface area contributed by atoms with Crippen molar-refractivity contribution in [1.29, 1.82) is 0 Å². The minimum absolute atomic E-state index is 0.0949. The molecule has 2 N–H and O–H groups in total. The minimum Gasteiger partial charge on any atom is -0.481 e. The zero-order valence-electron chi connectivity index (χ0n) is 9.60. The molecular weight excluding hydrogens is 234 g/mol. The summed E-state index contributed by atoms with van der Waals surface area (Å²) in [6.07, 6.45) is 0.281. The second-order valence-electron chi connectivity index (χ2n) is 3.44. The van der Waals surface area contributed by atoms with Crippen molar-refractivity contribution in [3.63, 3.8) is 0 Å². The van der Waals surface area contributed by atoms with Crippen LogP contribution in [0.15, 0.2) is 0 Å². The van der Waals surface area contributed by atoms with E-state index in [0.717, 1.165) is 0 Å². The van der Waals surface area contributed by atoms with Crippen LogP contribution in [0.25, 0.3) is 0 Å². The molecule has 1 unspecified atom stereocenters. The standard InChI is InChI=1S/C9H19NO5S/c1-3-15-6-7-16(13,14)10-5-4-8(2)9(11)12/h8,10H,3-7H2,1-2H3,(H,11,12). The van der Waals surface area contributed by atoms with E-state index in [0.29, 0.717) is 6.61 Å². The molecule has 0 aliphatic carbocycles. The maximum absolute atomic E-state index is 11.3. The largest absolute Gasteiger partial charge is 0.481 e. The topological polar surface area (TPSA) is 92.7 Å². The molecule has 7 heteroatoms. The Morgan fingerprint density at radius 3 is 2.62 bits per heavy atom. The number of ether oxygens (including phenoxy) is 1. The zero-order chi connectivity index (χ0) is 12.6. The van der Waals surface area contributed by atoms with Gasteiger partial charge in [-0.2, -0.15) is 0 Å². The molecule has 0 amide bonds. The maximum atomic E-state index is 11.3. The van der Waals surface area contributed by atoms with E-state index in [-0.39, 0.29) is 25.3 Å². The zero-order valence-corrected chi connectivity index (χ0v) is 10.4. The molecule has 0 spiro atoms. The first-order valence-electron chi connectivity index (χ1n) is 5.17. The second-order valence-corrected chi connectivity index (χ2v) is 5.36. The number of rotatable bonds is 9. The molecule has 0 radical (unpaired) electrons. The first-order valence-corrected chi connectivity index (χ1v) is 6.82. The Morgan fingerprint density at radius 1 is 1.50 bits per heavy atom. The van der Waals surface area contributed by atoms with Crippen LogP contribution in [0.4, 0.5) is 0 Å². The van der Waals surface area contributed by atoms with Gasteiger partial charge in [0, 0.05) is 13.2 Å². The van der Waals surface area contributed by atoms with Gasteiger partial charge in [0.05, 0.1) is 18.3 Å². The van der Waals surface area contributed by atoms with Gasteiger partial charge in [-0.3, -0.25) is 4.79 Å². The van der Waals surface area contributed by atoms with Crippen molar-refractivity contribution in [3.05, 3.63) is 0 Å². The minimum atomic E-state index is -3.34. The molecule has 0 saturated heterocycles. The molecule has 0 aromatic carbocycles. The number of hydrogen-bond donors (Lipinski definition) is 2. The lowest BCUT2D eigenvalue weighted by Gasteiger charge is -2.08. The van der Waals surface area contributed by atoms with Gasteiger partial charge in [-0.15, -0.1) is 0 Å². The number of aliphatic carboxylic acids is 1. The summed E-state index contributed by atoms with van der Waals surface area (Å²) in [5.74, 6) is -1.56. The molecule has 0 heterocycles. The van der Waals surface area contributed by atoms with Crippen LogP contribution in [0.3, 0.4) is 0 Å².